The monoisotopic (exact) mass is 260 g/mol. The molecule has 1 aliphatic heterocycles. The summed E-state index contributed by atoms with van der Waals surface area (Å²) in [4.78, 5) is 11.1. The average Bonchev–Trinajstić information content (AvgIpc) is 2.53. The largest absolute Gasteiger partial charge is 0.379 e. The molecule has 1 fully saturated rings. The summed E-state index contributed by atoms with van der Waals surface area (Å²) in [5.41, 5.74) is 0. The van der Waals surface area contributed by atoms with E-state index in [1.807, 2.05) is 18.2 Å². The summed E-state index contributed by atoms with van der Waals surface area (Å²) in [5.74, 6) is 0. The predicted octanol–water partition coefficient (Wildman–Crippen LogP) is 1.55. The van der Waals surface area contributed by atoms with Crippen molar-refractivity contribution in [2.75, 3.05) is 19.8 Å². The SMILES string of the molecule is CC1COCCN1.c1ccncc1.c1cncnc1. The molecular weight excluding hydrogens is 240 g/mol. The highest BCUT2D eigenvalue weighted by Crippen LogP contribution is 1.88. The highest BCUT2D eigenvalue weighted by molar-refractivity contribution is 4.88. The van der Waals surface area contributed by atoms with Crippen LogP contribution in [0.3, 0.4) is 0 Å². The molecule has 1 saturated heterocycles. The average molecular weight is 260 g/mol. The summed E-state index contributed by atoms with van der Waals surface area (Å²) < 4.78 is 5.12. The predicted molar refractivity (Wildman–Crippen MR) is 74.6 cm³/mol. The topological polar surface area (TPSA) is 59.9 Å². The molecule has 0 bridgehead atoms. The Morgan fingerprint density at radius 1 is 0.947 bits per heavy atom. The van der Waals surface area contributed by atoms with Gasteiger partial charge in [0.2, 0.25) is 0 Å². The minimum Gasteiger partial charge on any atom is -0.379 e. The third-order valence-electron chi connectivity index (χ3n) is 2.15. The second-order valence-corrected chi connectivity index (χ2v) is 3.86. The van der Waals surface area contributed by atoms with E-state index in [1.165, 1.54) is 6.33 Å². The van der Waals surface area contributed by atoms with Gasteiger partial charge in [0.15, 0.2) is 0 Å². The third-order valence-corrected chi connectivity index (χ3v) is 2.15. The standard InChI is InChI=1S/C5H11NO.C5H5N.C4H4N2/c1-5-4-7-3-2-6-5;1-2-4-6-5-3-1;1-2-5-4-6-3-1/h5-6H,2-4H2,1H3;1-5H;1-4H. The number of ether oxygens (including phenoxy) is 1. The molecule has 19 heavy (non-hydrogen) atoms. The molecule has 0 spiro atoms. The van der Waals surface area contributed by atoms with Crippen molar-refractivity contribution in [3.63, 3.8) is 0 Å². The van der Waals surface area contributed by atoms with Gasteiger partial charge in [-0.25, -0.2) is 9.97 Å². The first-order valence-corrected chi connectivity index (χ1v) is 6.25. The Labute approximate surface area is 114 Å². The van der Waals surface area contributed by atoms with Crippen LogP contribution in [0.4, 0.5) is 0 Å². The van der Waals surface area contributed by atoms with Crippen LogP contribution in [0.2, 0.25) is 0 Å². The van der Waals surface area contributed by atoms with Crippen molar-refractivity contribution >= 4 is 0 Å². The van der Waals surface area contributed by atoms with Gasteiger partial charge in [0, 0.05) is 37.4 Å². The zero-order valence-electron chi connectivity index (χ0n) is 11.1. The Morgan fingerprint density at radius 2 is 1.63 bits per heavy atom. The fraction of sp³-hybridized carbons (Fsp3) is 0.357. The summed E-state index contributed by atoms with van der Waals surface area (Å²) in [5, 5.41) is 3.26. The lowest BCUT2D eigenvalue weighted by atomic mass is 10.3. The van der Waals surface area contributed by atoms with Crippen LogP contribution in [-0.4, -0.2) is 40.8 Å². The summed E-state index contributed by atoms with van der Waals surface area (Å²) in [7, 11) is 0. The van der Waals surface area contributed by atoms with Gasteiger partial charge in [-0.2, -0.15) is 0 Å². The molecule has 102 valence electrons. The second-order valence-electron chi connectivity index (χ2n) is 3.86. The van der Waals surface area contributed by atoms with Gasteiger partial charge in [0.1, 0.15) is 6.33 Å². The van der Waals surface area contributed by atoms with Gasteiger partial charge in [-0.3, -0.25) is 4.98 Å². The number of morpholine rings is 1. The summed E-state index contributed by atoms with van der Waals surface area (Å²) >= 11 is 0. The molecule has 1 unspecified atom stereocenters. The molecule has 3 heterocycles. The maximum Gasteiger partial charge on any atom is 0.115 e. The molecule has 0 saturated carbocycles. The molecule has 1 atom stereocenters. The van der Waals surface area contributed by atoms with Gasteiger partial charge in [-0.15, -0.1) is 0 Å². The number of aromatic nitrogens is 3. The van der Waals surface area contributed by atoms with Gasteiger partial charge in [-0.05, 0) is 25.1 Å². The second kappa shape index (κ2) is 11.3. The van der Waals surface area contributed by atoms with E-state index in [1.54, 1.807) is 30.9 Å². The van der Waals surface area contributed by atoms with Crippen molar-refractivity contribution < 1.29 is 4.74 Å². The number of hydrogen-bond donors (Lipinski definition) is 1. The van der Waals surface area contributed by atoms with Gasteiger partial charge in [0.25, 0.3) is 0 Å². The van der Waals surface area contributed by atoms with E-state index >= 15 is 0 Å². The first-order chi connectivity index (χ1) is 9.39. The van der Waals surface area contributed by atoms with Gasteiger partial charge in [-0.1, -0.05) is 6.07 Å². The minimum atomic E-state index is 0.564. The minimum absolute atomic E-state index is 0.564. The van der Waals surface area contributed by atoms with Crippen molar-refractivity contribution in [1.29, 1.82) is 0 Å². The third kappa shape index (κ3) is 9.82. The lowest BCUT2D eigenvalue weighted by molar-refractivity contribution is 0.0824. The van der Waals surface area contributed by atoms with Crippen LogP contribution < -0.4 is 5.32 Å². The molecule has 2 aromatic rings. The van der Waals surface area contributed by atoms with Gasteiger partial charge >= 0.3 is 0 Å². The van der Waals surface area contributed by atoms with E-state index in [2.05, 4.69) is 27.2 Å². The first-order valence-electron chi connectivity index (χ1n) is 6.25. The zero-order chi connectivity index (χ0) is 13.6. The normalized spacial score (nSPS) is 17.2. The van der Waals surface area contributed by atoms with Gasteiger partial charge < -0.3 is 10.1 Å². The zero-order valence-corrected chi connectivity index (χ0v) is 11.1. The maximum absolute atomic E-state index is 5.12. The number of nitrogens with one attached hydrogen (secondary N) is 1. The van der Waals surface area contributed by atoms with Crippen molar-refractivity contribution in [3.8, 4) is 0 Å². The smallest absolute Gasteiger partial charge is 0.115 e. The summed E-state index contributed by atoms with van der Waals surface area (Å²) in [6, 6.07) is 8.06. The van der Waals surface area contributed by atoms with E-state index in [0.29, 0.717) is 6.04 Å². The van der Waals surface area contributed by atoms with Crippen molar-refractivity contribution in [1.82, 2.24) is 20.3 Å². The van der Waals surface area contributed by atoms with Crippen LogP contribution in [0.25, 0.3) is 0 Å². The number of nitrogens with zero attached hydrogens (tertiary/aromatic N) is 3. The van der Waals surface area contributed by atoms with E-state index < -0.39 is 0 Å². The number of rotatable bonds is 0. The Kier molecular flexibility index (Phi) is 9.01. The van der Waals surface area contributed by atoms with Crippen LogP contribution in [-0.2, 0) is 4.74 Å². The quantitative estimate of drug-likeness (QED) is 0.779. The molecular formula is C14H20N4O. The van der Waals surface area contributed by atoms with E-state index in [4.69, 9.17) is 4.74 Å². The highest BCUT2D eigenvalue weighted by Gasteiger charge is 2.04. The van der Waals surface area contributed by atoms with Crippen LogP contribution in [0.1, 0.15) is 6.92 Å². The van der Waals surface area contributed by atoms with Crippen LogP contribution in [0, 0.1) is 0 Å². The van der Waals surface area contributed by atoms with Crippen molar-refractivity contribution in [2.24, 2.45) is 0 Å². The van der Waals surface area contributed by atoms with Crippen LogP contribution in [0.15, 0.2) is 55.4 Å². The molecule has 0 amide bonds. The van der Waals surface area contributed by atoms with E-state index in [0.717, 1.165) is 19.8 Å². The summed E-state index contributed by atoms with van der Waals surface area (Å²) in [6.45, 7) is 4.89. The lowest BCUT2D eigenvalue weighted by Gasteiger charge is -2.19. The molecule has 0 aromatic carbocycles. The Bertz CT molecular complexity index is 294. The molecule has 0 aliphatic carbocycles. The Morgan fingerprint density at radius 3 is 1.84 bits per heavy atom. The first kappa shape index (κ1) is 15.2. The van der Waals surface area contributed by atoms with Crippen molar-refractivity contribution in [2.45, 2.75) is 13.0 Å². The molecule has 0 radical (unpaired) electrons. The number of pyridine rings is 1. The number of hydrogen-bond acceptors (Lipinski definition) is 5. The molecule has 5 nitrogen and oxygen atoms in total. The maximum atomic E-state index is 5.12. The molecule has 1 aliphatic rings. The van der Waals surface area contributed by atoms with Crippen molar-refractivity contribution in [3.05, 3.63) is 55.4 Å². The molecule has 2 aromatic heterocycles. The Hall–Kier alpha value is -1.85. The van der Waals surface area contributed by atoms with E-state index in [-0.39, 0.29) is 0 Å². The molecule has 3 rings (SSSR count). The molecule has 5 heteroatoms. The summed E-state index contributed by atoms with van der Waals surface area (Å²) in [6.07, 6.45) is 8.38. The molecule has 1 N–H and O–H groups in total. The lowest BCUT2D eigenvalue weighted by Crippen LogP contribution is -2.38. The van der Waals surface area contributed by atoms with E-state index in [9.17, 15) is 0 Å². The van der Waals surface area contributed by atoms with Gasteiger partial charge in [0.05, 0.1) is 13.2 Å². The van der Waals surface area contributed by atoms with Crippen LogP contribution >= 0.6 is 0 Å². The fourth-order valence-electron chi connectivity index (χ4n) is 1.26. The highest BCUT2D eigenvalue weighted by atomic mass is 16.5. The Balaban J connectivity index is 0.000000143. The van der Waals surface area contributed by atoms with Crippen LogP contribution in [0.5, 0.6) is 0 Å². The fourth-order valence-corrected chi connectivity index (χ4v) is 1.26.